The van der Waals surface area contributed by atoms with Gasteiger partial charge in [0.2, 0.25) is 0 Å². The highest BCUT2D eigenvalue weighted by atomic mass is 16.2. The van der Waals surface area contributed by atoms with E-state index in [9.17, 15) is 4.79 Å². The van der Waals surface area contributed by atoms with Crippen molar-refractivity contribution < 1.29 is 4.79 Å². The van der Waals surface area contributed by atoms with Gasteiger partial charge < -0.3 is 15.2 Å². The molecule has 26 heavy (non-hydrogen) atoms. The number of nitrogens with zero attached hydrogens (tertiary/aromatic N) is 4. The number of carbonyl (C=O) groups excluding carboxylic acids is 1. The van der Waals surface area contributed by atoms with Gasteiger partial charge in [-0.15, -0.1) is 0 Å². The zero-order valence-corrected chi connectivity index (χ0v) is 15.5. The summed E-state index contributed by atoms with van der Waals surface area (Å²) >= 11 is 0. The largest absolute Gasteiger partial charge is 0.336 e. The van der Waals surface area contributed by atoms with E-state index in [1.54, 1.807) is 6.20 Å². The maximum absolute atomic E-state index is 12.1. The average Bonchev–Trinajstić information content (AvgIpc) is 3.18. The Hall–Kier alpha value is -3.09. The van der Waals surface area contributed by atoms with E-state index in [2.05, 4.69) is 20.7 Å². The number of amides is 2. The molecule has 136 valence electrons. The molecule has 0 aliphatic rings. The first kappa shape index (κ1) is 17.7. The van der Waals surface area contributed by atoms with Gasteiger partial charge in [0.1, 0.15) is 5.82 Å². The number of aryl methyl sites for hydroxylation is 3. The second kappa shape index (κ2) is 7.43. The van der Waals surface area contributed by atoms with E-state index in [4.69, 9.17) is 0 Å². The SMILES string of the molecule is Cc1cc(C)n([C@H](C)CNC(=O)Nc2ccc(-n3ccnc3C)cc2)n1. The smallest absolute Gasteiger partial charge is 0.319 e. The van der Waals surface area contributed by atoms with E-state index in [1.807, 2.05) is 73.5 Å². The number of hydrogen-bond donors (Lipinski definition) is 2. The molecule has 1 atom stereocenters. The molecule has 0 unspecified atom stereocenters. The fourth-order valence-corrected chi connectivity index (χ4v) is 2.95. The third kappa shape index (κ3) is 3.93. The lowest BCUT2D eigenvalue weighted by Crippen LogP contribution is -2.33. The average molecular weight is 352 g/mol. The minimum atomic E-state index is -0.232. The van der Waals surface area contributed by atoms with E-state index < -0.39 is 0 Å². The molecule has 7 heteroatoms. The van der Waals surface area contributed by atoms with Crippen LogP contribution in [0.5, 0.6) is 0 Å². The van der Waals surface area contributed by atoms with Gasteiger partial charge in [0, 0.05) is 36.0 Å². The number of nitrogens with one attached hydrogen (secondary N) is 2. The van der Waals surface area contributed by atoms with Gasteiger partial charge in [-0.1, -0.05) is 0 Å². The summed E-state index contributed by atoms with van der Waals surface area (Å²) in [5, 5.41) is 10.2. The van der Waals surface area contributed by atoms with Crippen LogP contribution in [0.1, 0.15) is 30.2 Å². The molecular formula is C19H24N6O. The van der Waals surface area contributed by atoms with Crippen LogP contribution in [-0.4, -0.2) is 31.9 Å². The van der Waals surface area contributed by atoms with Crippen LogP contribution in [-0.2, 0) is 0 Å². The number of hydrogen-bond acceptors (Lipinski definition) is 3. The molecule has 3 rings (SSSR count). The Labute approximate surface area is 153 Å². The highest BCUT2D eigenvalue weighted by Crippen LogP contribution is 2.15. The lowest BCUT2D eigenvalue weighted by molar-refractivity contribution is 0.250. The standard InChI is InChI=1S/C19H24N6O/c1-13-11-14(2)25(23-13)15(3)12-21-19(26)22-17-5-7-18(8-6-17)24-10-9-20-16(24)4/h5-11,15H,12H2,1-4H3,(H2,21,22,26)/t15-/m1/s1. The van der Waals surface area contributed by atoms with Gasteiger partial charge in [-0.3, -0.25) is 4.68 Å². The Balaban J connectivity index is 1.55. The second-order valence-corrected chi connectivity index (χ2v) is 6.45. The fourth-order valence-electron chi connectivity index (χ4n) is 2.95. The number of carbonyl (C=O) groups is 1. The molecule has 0 radical (unpaired) electrons. The molecule has 2 N–H and O–H groups in total. The molecular weight excluding hydrogens is 328 g/mol. The van der Waals surface area contributed by atoms with Crippen molar-refractivity contribution in [3.63, 3.8) is 0 Å². The lowest BCUT2D eigenvalue weighted by atomic mass is 10.2. The molecule has 0 saturated carbocycles. The summed E-state index contributed by atoms with van der Waals surface area (Å²) in [4.78, 5) is 16.4. The number of benzene rings is 1. The van der Waals surface area contributed by atoms with Crippen LogP contribution in [0.3, 0.4) is 0 Å². The van der Waals surface area contributed by atoms with E-state index in [0.29, 0.717) is 6.54 Å². The van der Waals surface area contributed by atoms with Crippen molar-refractivity contribution in [2.45, 2.75) is 33.7 Å². The molecule has 2 heterocycles. The van der Waals surface area contributed by atoms with Crippen molar-refractivity contribution in [2.24, 2.45) is 0 Å². The number of aromatic nitrogens is 4. The molecule has 0 fully saturated rings. The Bertz CT molecular complexity index is 893. The van der Waals surface area contributed by atoms with E-state index >= 15 is 0 Å². The Morgan fingerprint density at radius 1 is 1.19 bits per heavy atom. The normalized spacial score (nSPS) is 12.0. The van der Waals surface area contributed by atoms with Crippen LogP contribution >= 0.6 is 0 Å². The van der Waals surface area contributed by atoms with Gasteiger partial charge in [0.15, 0.2) is 0 Å². The number of anilines is 1. The number of rotatable bonds is 5. The monoisotopic (exact) mass is 352 g/mol. The van der Waals surface area contributed by atoms with Gasteiger partial charge in [-0.05, 0) is 58.0 Å². The Kier molecular flexibility index (Phi) is 5.06. The highest BCUT2D eigenvalue weighted by molar-refractivity contribution is 5.89. The molecule has 0 aliphatic heterocycles. The predicted molar refractivity (Wildman–Crippen MR) is 102 cm³/mol. The summed E-state index contributed by atoms with van der Waals surface area (Å²) in [6.45, 7) is 8.46. The van der Waals surface area contributed by atoms with Gasteiger partial charge in [-0.25, -0.2) is 9.78 Å². The van der Waals surface area contributed by atoms with Crippen molar-refractivity contribution in [3.05, 3.63) is 59.9 Å². The maximum Gasteiger partial charge on any atom is 0.319 e. The summed E-state index contributed by atoms with van der Waals surface area (Å²) in [5.74, 6) is 0.918. The molecule has 2 amide bonds. The zero-order valence-electron chi connectivity index (χ0n) is 15.5. The fraction of sp³-hybridized carbons (Fsp3) is 0.316. The van der Waals surface area contributed by atoms with Crippen molar-refractivity contribution >= 4 is 11.7 Å². The zero-order chi connectivity index (χ0) is 18.7. The minimum Gasteiger partial charge on any atom is -0.336 e. The van der Waals surface area contributed by atoms with Gasteiger partial charge >= 0.3 is 6.03 Å². The Morgan fingerprint density at radius 2 is 1.92 bits per heavy atom. The van der Waals surface area contributed by atoms with Crippen LogP contribution in [0.4, 0.5) is 10.5 Å². The van der Waals surface area contributed by atoms with Crippen molar-refractivity contribution in [1.82, 2.24) is 24.6 Å². The summed E-state index contributed by atoms with van der Waals surface area (Å²) in [5.41, 5.74) is 3.81. The van der Waals surface area contributed by atoms with Gasteiger partial charge in [0.05, 0.1) is 11.7 Å². The van der Waals surface area contributed by atoms with Crippen molar-refractivity contribution in [3.8, 4) is 5.69 Å². The summed E-state index contributed by atoms with van der Waals surface area (Å²) in [6, 6.07) is 9.52. The van der Waals surface area contributed by atoms with E-state index in [0.717, 1.165) is 28.6 Å². The first-order valence-corrected chi connectivity index (χ1v) is 8.62. The highest BCUT2D eigenvalue weighted by Gasteiger charge is 2.11. The number of urea groups is 1. The van der Waals surface area contributed by atoms with E-state index in [1.165, 1.54) is 0 Å². The molecule has 7 nitrogen and oxygen atoms in total. The second-order valence-electron chi connectivity index (χ2n) is 6.45. The van der Waals surface area contributed by atoms with Crippen molar-refractivity contribution in [2.75, 3.05) is 11.9 Å². The van der Waals surface area contributed by atoms with E-state index in [-0.39, 0.29) is 12.1 Å². The quantitative estimate of drug-likeness (QED) is 0.739. The summed E-state index contributed by atoms with van der Waals surface area (Å²) in [6.07, 6.45) is 3.67. The molecule has 3 aromatic rings. The van der Waals surface area contributed by atoms with Crippen LogP contribution < -0.4 is 10.6 Å². The van der Waals surface area contributed by atoms with Crippen LogP contribution in [0.2, 0.25) is 0 Å². The third-order valence-corrected chi connectivity index (χ3v) is 4.25. The topological polar surface area (TPSA) is 76.8 Å². The van der Waals surface area contributed by atoms with Crippen LogP contribution in [0, 0.1) is 20.8 Å². The molecule has 0 bridgehead atoms. The Morgan fingerprint density at radius 3 is 2.50 bits per heavy atom. The molecule has 0 aliphatic carbocycles. The molecule has 0 saturated heterocycles. The van der Waals surface area contributed by atoms with Crippen LogP contribution in [0.15, 0.2) is 42.7 Å². The predicted octanol–water partition coefficient (Wildman–Crippen LogP) is 3.38. The molecule has 2 aromatic heterocycles. The van der Waals surface area contributed by atoms with Gasteiger partial charge in [-0.2, -0.15) is 5.10 Å². The first-order chi connectivity index (χ1) is 12.4. The van der Waals surface area contributed by atoms with Gasteiger partial charge in [0.25, 0.3) is 0 Å². The minimum absolute atomic E-state index is 0.0843. The van der Waals surface area contributed by atoms with Crippen molar-refractivity contribution in [1.29, 1.82) is 0 Å². The first-order valence-electron chi connectivity index (χ1n) is 8.62. The molecule has 1 aromatic carbocycles. The summed E-state index contributed by atoms with van der Waals surface area (Å²) in [7, 11) is 0. The summed E-state index contributed by atoms with van der Waals surface area (Å²) < 4.78 is 3.91. The third-order valence-electron chi connectivity index (χ3n) is 4.25. The maximum atomic E-state index is 12.1. The lowest BCUT2D eigenvalue weighted by Gasteiger charge is -2.16. The van der Waals surface area contributed by atoms with Crippen LogP contribution in [0.25, 0.3) is 5.69 Å². The molecule has 0 spiro atoms. The number of imidazole rings is 1.